The highest BCUT2D eigenvalue weighted by Crippen LogP contribution is 2.02. The molecule has 1 heterocycles. The summed E-state index contributed by atoms with van der Waals surface area (Å²) in [5.41, 5.74) is 0.979. The lowest BCUT2D eigenvalue weighted by Crippen LogP contribution is -2.04. The Hall–Kier alpha value is -1.25. The number of aromatic nitrogens is 2. The van der Waals surface area contributed by atoms with Gasteiger partial charge in [-0.05, 0) is 18.9 Å². The number of nitrogens with zero attached hydrogens (tertiary/aromatic N) is 2. The molecule has 0 fully saturated rings. The minimum Gasteiger partial charge on any atom is -0.291 e. The molecule has 0 radical (unpaired) electrons. The largest absolute Gasteiger partial charge is 0.291 e. The maximum Gasteiger partial charge on any atom is 0.200 e. The lowest BCUT2D eigenvalue weighted by Gasteiger charge is -1.97. The van der Waals surface area contributed by atoms with E-state index in [9.17, 15) is 4.79 Å². The topological polar surface area (TPSA) is 42.9 Å². The molecule has 0 aromatic carbocycles. The summed E-state index contributed by atoms with van der Waals surface area (Å²) in [6, 6.07) is 0. The van der Waals surface area contributed by atoms with Crippen molar-refractivity contribution in [3.05, 3.63) is 23.8 Å². The quantitative estimate of drug-likeness (QED) is 0.663. The van der Waals surface area contributed by atoms with E-state index in [-0.39, 0.29) is 5.78 Å². The summed E-state index contributed by atoms with van der Waals surface area (Å²) < 4.78 is 0. The fourth-order valence-electron chi connectivity index (χ4n) is 0.986. The number of Topliss-reactive ketones (excluding diaryl/α,β-unsaturated/α-hetero) is 1. The molecule has 0 bridgehead atoms. The first-order valence-electron chi connectivity index (χ1n) is 4.56. The van der Waals surface area contributed by atoms with Crippen LogP contribution in [0.4, 0.5) is 0 Å². The number of hydrogen-bond acceptors (Lipinski definition) is 3. The molecule has 0 saturated carbocycles. The van der Waals surface area contributed by atoms with E-state index < -0.39 is 0 Å². The number of ketones is 1. The Kier molecular flexibility index (Phi) is 3.55. The van der Waals surface area contributed by atoms with Gasteiger partial charge in [-0.2, -0.15) is 0 Å². The van der Waals surface area contributed by atoms with Gasteiger partial charge < -0.3 is 0 Å². The monoisotopic (exact) mass is 178 g/mol. The summed E-state index contributed by atoms with van der Waals surface area (Å²) in [5.74, 6) is 0.390. The Balaban J connectivity index is 2.61. The molecule has 0 saturated heterocycles. The number of aryl methyl sites for hydroxylation is 1. The highest BCUT2D eigenvalue weighted by atomic mass is 16.1. The van der Waals surface area contributed by atoms with Crippen LogP contribution in [0.1, 0.15) is 42.4 Å². The number of hydrogen-bond donors (Lipinski definition) is 0. The van der Waals surface area contributed by atoms with Crippen LogP contribution >= 0.6 is 0 Å². The lowest BCUT2D eigenvalue weighted by atomic mass is 10.2. The van der Waals surface area contributed by atoms with Crippen LogP contribution in [0.15, 0.2) is 12.4 Å². The van der Waals surface area contributed by atoms with Gasteiger partial charge in [0.25, 0.3) is 0 Å². The molecule has 0 aliphatic rings. The second kappa shape index (κ2) is 4.70. The van der Waals surface area contributed by atoms with Gasteiger partial charge in [-0.3, -0.25) is 4.79 Å². The van der Waals surface area contributed by atoms with Gasteiger partial charge in [0.05, 0.1) is 0 Å². The van der Waals surface area contributed by atoms with Gasteiger partial charge >= 0.3 is 0 Å². The zero-order chi connectivity index (χ0) is 9.68. The van der Waals surface area contributed by atoms with Gasteiger partial charge in [0.2, 0.25) is 0 Å². The minimum atomic E-state index is 0.0434. The van der Waals surface area contributed by atoms with E-state index in [0.29, 0.717) is 12.2 Å². The summed E-state index contributed by atoms with van der Waals surface area (Å²) in [4.78, 5) is 19.3. The van der Waals surface area contributed by atoms with Crippen LogP contribution in [0.3, 0.4) is 0 Å². The predicted octanol–water partition coefficient (Wildman–Crippen LogP) is 2.16. The molecule has 0 aliphatic carbocycles. The third kappa shape index (κ3) is 2.93. The van der Waals surface area contributed by atoms with E-state index in [2.05, 4.69) is 16.9 Å². The first-order valence-corrected chi connectivity index (χ1v) is 4.56. The first kappa shape index (κ1) is 9.84. The molecule has 0 atom stereocenters. The van der Waals surface area contributed by atoms with Crippen molar-refractivity contribution in [2.24, 2.45) is 0 Å². The van der Waals surface area contributed by atoms with Crippen molar-refractivity contribution in [1.29, 1.82) is 0 Å². The predicted molar refractivity (Wildman–Crippen MR) is 50.6 cm³/mol. The van der Waals surface area contributed by atoms with Crippen LogP contribution in [0.2, 0.25) is 0 Å². The van der Waals surface area contributed by atoms with Crippen molar-refractivity contribution >= 4 is 5.78 Å². The van der Waals surface area contributed by atoms with Crippen molar-refractivity contribution in [3.8, 4) is 0 Å². The fraction of sp³-hybridized carbons (Fsp3) is 0.500. The third-order valence-electron chi connectivity index (χ3n) is 1.79. The molecule has 1 aromatic rings. The molecule has 1 aromatic heterocycles. The molecule has 3 nitrogen and oxygen atoms in total. The SMILES string of the molecule is CCCCC(=O)c1ncc(C)cn1. The zero-order valence-corrected chi connectivity index (χ0v) is 8.08. The van der Waals surface area contributed by atoms with Crippen LogP contribution in [0.25, 0.3) is 0 Å². The second-order valence-corrected chi connectivity index (χ2v) is 3.11. The van der Waals surface area contributed by atoms with Crippen molar-refractivity contribution in [1.82, 2.24) is 9.97 Å². The van der Waals surface area contributed by atoms with E-state index in [0.717, 1.165) is 18.4 Å². The summed E-state index contributed by atoms with van der Waals surface area (Å²) in [5, 5.41) is 0. The molecule has 0 aliphatic heterocycles. The van der Waals surface area contributed by atoms with Crippen LogP contribution < -0.4 is 0 Å². The number of unbranched alkanes of at least 4 members (excludes halogenated alkanes) is 1. The van der Waals surface area contributed by atoms with Crippen LogP contribution in [-0.4, -0.2) is 15.8 Å². The molecule has 0 unspecified atom stereocenters. The minimum absolute atomic E-state index is 0.0434. The normalized spacial score (nSPS) is 10.0. The van der Waals surface area contributed by atoms with Gasteiger partial charge in [-0.25, -0.2) is 9.97 Å². The Morgan fingerprint density at radius 2 is 2.00 bits per heavy atom. The molecule has 0 amide bonds. The van der Waals surface area contributed by atoms with E-state index in [1.807, 2.05) is 6.92 Å². The van der Waals surface area contributed by atoms with Crippen LogP contribution in [-0.2, 0) is 0 Å². The Morgan fingerprint density at radius 3 is 2.54 bits per heavy atom. The molecule has 70 valence electrons. The molecule has 0 N–H and O–H groups in total. The van der Waals surface area contributed by atoms with Gasteiger partial charge in [0, 0.05) is 18.8 Å². The van der Waals surface area contributed by atoms with E-state index in [4.69, 9.17) is 0 Å². The van der Waals surface area contributed by atoms with E-state index in [1.165, 1.54) is 0 Å². The molecule has 3 heteroatoms. The van der Waals surface area contributed by atoms with Gasteiger partial charge in [-0.1, -0.05) is 13.3 Å². The lowest BCUT2D eigenvalue weighted by molar-refractivity contribution is 0.0969. The van der Waals surface area contributed by atoms with Crippen molar-refractivity contribution < 1.29 is 4.79 Å². The van der Waals surface area contributed by atoms with Crippen molar-refractivity contribution in [3.63, 3.8) is 0 Å². The maximum absolute atomic E-state index is 11.4. The van der Waals surface area contributed by atoms with E-state index >= 15 is 0 Å². The van der Waals surface area contributed by atoms with Crippen LogP contribution in [0, 0.1) is 6.92 Å². The first-order chi connectivity index (χ1) is 6.24. The highest BCUT2D eigenvalue weighted by molar-refractivity contribution is 5.92. The average Bonchev–Trinajstić information content (AvgIpc) is 2.15. The van der Waals surface area contributed by atoms with Gasteiger partial charge in [0.1, 0.15) is 0 Å². The smallest absolute Gasteiger partial charge is 0.200 e. The number of carbonyl (C=O) groups is 1. The molecule has 1 rings (SSSR count). The van der Waals surface area contributed by atoms with Gasteiger partial charge in [-0.15, -0.1) is 0 Å². The van der Waals surface area contributed by atoms with Crippen molar-refractivity contribution in [2.45, 2.75) is 33.1 Å². The standard InChI is InChI=1S/C10H14N2O/c1-3-4-5-9(13)10-11-6-8(2)7-12-10/h6-7H,3-5H2,1-2H3. The van der Waals surface area contributed by atoms with E-state index in [1.54, 1.807) is 12.4 Å². The van der Waals surface area contributed by atoms with Gasteiger partial charge in [0.15, 0.2) is 11.6 Å². The number of carbonyl (C=O) groups excluding carboxylic acids is 1. The number of rotatable bonds is 4. The van der Waals surface area contributed by atoms with Crippen molar-refractivity contribution in [2.75, 3.05) is 0 Å². The Bertz CT molecular complexity index is 279. The maximum atomic E-state index is 11.4. The second-order valence-electron chi connectivity index (χ2n) is 3.11. The Labute approximate surface area is 78.2 Å². The average molecular weight is 178 g/mol. The highest BCUT2D eigenvalue weighted by Gasteiger charge is 2.06. The molecular weight excluding hydrogens is 164 g/mol. The summed E-state index contributed by atoms with van der Waals surface area (Å²) in [6.07, 6.45) is 5.84. The molecule has 0 spiro atoms. The molecule has 13 heavy (non-hydrogen) atoms. The third-order valence-corrected chi connectivity index (χ3v) is 1.79. The molecular formula is C10H14N2O. The summed E-state index contributed by atoms with van der Waals surface area (Å²) >= 11 is 0. The Morgan fingerprint density at radius 1 is 1.38 bits per heavy atom. The summed E-state index contributed by atoms with van der Waals surface area (Å²) in [7, 11) is 0. The van der Waals surface area contributed by atoms with Crippen LogP contribution in [0.5, 0.6) is 0 Å². The zero-order valence-electron chi connectivity index (χ0n) is 8.08. The summed E-state index contributed by atoms with van der Waals surface area (Å²) in [6.45, 7) is 3.96. The fourth-order valence-corrected chi connectivity index (χ4v) is 0.986.